The second-order valence-electron chi connectivity index (χ2n) is 7.45. The summed E-state index contributed by atoms with van der Waals surface area (Å²) in [5.41, 5.74) is 11.7. The summed E-state index contributed by atoms with van der Waals surface area (Å²) in [6, 6.07) is 24.0. The van der Waals surface area contributed by atoms with Gasteiger partial charge in [-0.05, 0) is 53.6 Å². The zero-order chi connectivity index (χ0) is 20.6. The van der Waals surface area contributed by atoms with Gasteiger partial charge in [-0.2, -0.15) is 9.83 Å². The third kappa shape index (κ3) is 5.67. The van der Waals surface area contributed by atoms with E-state index in [1.807, 2.05) is 48.5 Å². The fourth-order valence-corrected chi connectivity index (χ4v) is 3.18. The molecule has 0 saturated heterocycles. The van der Waals surface area contributed by atoms with Gasteiger partial charge in [-0.1, -0.05) is 38.1 Å². The Balaban J connectivity index is 1.95. The van der Waals surface area contributed by atoms with Crippen LogP contribution in [0.1, 0.15) is 41.9 Å². The minimum atomic E-state index is 0.510. The number of nitrogen functional groups attached to an aromatic ring is 1. The number of pyridine rings is 1. The van der Waals surface area contributed by atoms with Crippen molar-refractivity contribution in [1.82, 2.24) is 0 Å². The lowest BCUT2D eigenvalue weighted by atomic mass is 10.1. The second-order valence-corrected chi connectivity index (χ2v) is 7.45. The molecule has 1 heterocycles. The van der Waals surface area contributed by atoms with E-state index in [0.29, 0.717) is 11.5 Å². The lowest BCUT2D eigenvalue weighted by molar-refractivity contribution is -0.705. The minimum absolute atomic E-state index is 0.510. The van der Waals surface area contributed by atoms with E-state index in [0.717, 1.165) is 34.7 Å². The van der Waals surface area contributed by atoms with Gasteiger partial charge >= 0.3 is 0 Å². The molecule has 2 N–H and O–H groups in total. The third-order valence-electron chi connectivity index (χ3n) is 4.52. The fourth-order valence-electron chi connectivity index (χ4n) is 3.18. The maximum atomic E-state index is 9.10. The Bertz CT molecular complexity index is 1090. The Labute approximate surface area is 173 Å². The Morgan fingerprint density at radius 2 is 1.45 bits per heavy atom. The van der Waals surface area contributed by atoms with Crippen LogP contribution in [0.5, 0.6) is 0 Å². The first-order valence-electron chi connectivity index (χ1n) is 9.80. The van der Waals surface area contributed by atoms with Gasteiger partial charge in [-0.15, -0.1) is 0 Å². The van der Waals surface area contributed by atoms with Crippen LogP contribution in [0.2, 0.25) is 0 Å². The van der Waals surface area contributed by atoms with E-state index in [1.54, 1.807) is 0 Å². The molecule has 0 aliphatic rings. The molecule has 2 aromatic carbocycles. The van der Waals surface area contributed by atoms with Gasteiger partial charge in [0.15, 0.2) is 6.54 Å². The van der Waals surface area contributed by atoms with E-state index >= 15 is 0 Å². The summed E-state index contributed by atoms with van der Waals surface area (Å²) >= 11 is 0. The molecule has 144 valence electrons. The number of hydrogen-bond donors (Lipinski definition) is 1. The summed E-state index contributed by atoms with van der Waals surface area (Å²) in [7, 11) is 0. The molecule has 0 atom stereocenters. The number of rotatable bonds is 6. The van der Waals surface area contributed by atoms with Crippen molar-refractivity contribution in [2.75, 3.05) is 5.73 Å². The highest BCUT2D eigenvalue weighted by Crippen LogP contribution is 2.13. The molecule has 0 fully saturated rings. The van der Waals surface area contributed by atoms with Crippen molar-refractivity contribution in [1.29, 1.82) is 5.26 Å². The quantitative estimate of drug-likeness (QED) is 0.458. The molecule has 29 heavy (non-hydrogen) atoms. The highest BCUT2D eigenvalue weighted by atomic mass is 15.0. The van der Waals surface area contributed by atoms with Crippen molar-refractivity contribution in [3.8, 4) is 6.07 Å². The Morgan fingerprint density at radius 1 is 0.862 bits per heavy atom. The second kappa shape index (κ2) is 9.52. The zero-order valence-electron chi connectivity index (χ0n) is 16.9. The molecule has 0 bridgehead atoms. The van der Waals surface area contributed by atoms with E-state index < -0.39 is 0 Å². The highest BCUT2D eigenvalue weighted by molar-refractivity contribution is 5.70. The molecule has 1 aromatic heterocycles. The largest absolute Gasteiger partial charge is 0.399 e. The molecule has 0 unspecified atom stereocenters. The Kier molecular flexibility index (Phi) is 6.60. The van der Waals surface area contributed by atoms with Gasteiger partial charge in [0.25, 0.3) is 0 Å². The smallest absolute Gasteiger partial charge is 0.205 e. The lowest BCUT2D eigenvalue weighted by Gasteiger charge is -2.07. The van der Waals surface area contributed by atoms with Crippen molar-refractivity contribution < 1.29 is 4.57 Å². The summed E-state index contributed by atoms with van der Waals surface area (Å²) in [5.74, 6) is 0.510. The molecule has 3 rings (SSSR count). The molecule has 0 spiro atoms. The first kappa shape index (κ1) is 20.1. The molecule has 0 saturated carbocycles. The van der Waals surface area contributed by atoms with Gasteiger partial charge < -0.3 is 5.73 Å². The van der Waals surface area contributed by atoms with Crippen LogP contribution in [0.15, 0.2) is 66.7 Å². The van der Waals surface area contributed by atoms with Gasteiger partial charge in [-0.3, -0.25) is 0 Å². The number of anilines is 1. The van der Waals surface area contributed by atoms with E-state index in [2.05, 4.69) is 67.0 Å². The molecule has 3 aromatic rings. The molecule has 0 aliphatic carbocycles. The maximum absolute atomic E-state index is 9.10. The number of nitrogens with two attached hydrogens (primary N) is 1. The predicted molar refractivity (Wildman–Crippen MR) is 121 cm³/mol. The van der Waals surface area contributed by atoms with E-state index in [9.17, 15) is 0 Å². The molecule has 0 radical (unpaired) electrons. The number of benzene rings is 2. The van der Waals surface area contributed by atoms with E-state index in [4.69, 9.17) is 11.0 Å². The summed E-state index contributed by atoms with van der Waals surface area (Å²) in [4.78, 5) is 0. The first-order chi connectivity index (χ1) is 14.0. The summed E-state index contributed by atoms with van der Waals surface area (Å²) in [6.45, 7) is 5.35. The topological polar surface area (TPSA) is 53.7 Å². The molecule has 0 amide bonds. The van der Waals surface area contributed by atoms with Gasteiger partial charge in [-0.25, -0.2) is 0 Å². The standard InChI is InChI=1S/C26H26N3/c1-20(2)19-29-25(14-12-21-6-3-8-23(16-21)18-27)10-5-11-26(29)15-13-22-7-4-9-24(28)17-22/h3-17,20H,19,28H2,1-2H3/q+1/b14-12+,15-13+. The fraction of sp³-hybridized carbons (Fsp3) is 0.154. The van der Waals surface area contributed by atoms with E-state index in [-0.39, 0.29) is 0 Å². The number of nitrogens with zero attached hydrogens (tertiary/aromatic N) is 2. The lowest BCUT2D eigenvalue weighted by Crippen LogP contribution is -2.42. The average molecular weight is 381 g/mol. The normalized spacial score (nSPS) is 11.4. The van der Waals surface area contributed by atoms with Gasteiger partial charge in [0.05, 0.1) is 11.6 Å². The molecule has 0 aliphatic heterocycles. The summed E-state index contributed by atoms with van der Waals surface area (Å²) in [6.07, 6.45) is 8.38. The van der Waals surface area contributed by atoms with Crippen LogP contribution in [-0.4, -0.2) is 0 Å². The van der Waals surface area contributed by atoms with Crippen molar-refractivity contribution in [3.63, 3.8) is 0 Å². The molecule has 3 heteroatoms. The van der Waals surface area contributed by atoms with Crippen molar-refractivity contribution >= 4 is 30.0 Å². The summed E-state index contributed by atoms with van der Waals surface area (Å²) in [5, 5.41) is 9.10. The van der Waals surface area contributed by atoms with Crippen molar-refractivity contribution in [3.05, 3.63) is 94.8 Å². The van der Waals surface area contributed by atoms with Crippen LogP contribution >= 0.6 is 0 Å². The van der Waals surface area contributed by atoms with Crippen LogP contribution in [0.3, 0.4) is 0 Å². The van der Waals surface area contributed by atoms with Gasteiger partial charge in [0.2, 0.25) is 11.4 Å². The van der Waals surface area contributed by atoms with Crippen molar-refractivity contribution in [2.24, 2.45) is 5.92 Å². The Morgan fingerprint density at radius 3 is 2.03 bits per heavy atom. The molecular formula is C26H26N3+. The van der Waals surface area contributed by atoms with Crippen molar-refractivity contribution in [2.45, 2.75) is 20.4 Å². The van der Waals surface area contributed by atoms with Crippen LogP contribution in [0.25, 0.3) is 24.3 Å². The third-order valence-corrected chi connectivity index (χ3v) is 4.52. The zero-order valence-corrected chi connectivity index (χ0v) is 16.9. The van der Waals surface area contributed by atoms with Gasteiger partial charge in [0, 0.05) is 35.9 Å². The van der Waals surface area contributed by atoms with Crippen LogP contribution < -0.4 is 10.3 Å². The Hall–Kier alpha value is -3.64. The van der Waals surface area contributed by atoms with Crippen LogP contribution in [0.4, 0.5) is 5.69 Å². The molecule has 3 nitrogen and oxygen atoms in total. The number of hydrogen-bond acceptors (Lipinski definition) is 2. The minimum Gasteiger partial charge on any atom is -0.399 e. The monoisotopic (exact) mass is 380 g/mol. The predicted octanol–water partition coefficient (Wildman–Crippen LogP) is 5.42. The van der Waals surface area contributed by atoms with Crippen LogP contribution in [0, 0.1) is 17.2 Å². The molecular weight excluding hydrogens is 354 g/mol. The maximum Gasteiger partial charge on any atom is 0.205 e. The highest BCUT2D eigenvalue weighted by Gasteiger charge is 2.14. The van der Waals surface area contributed by atoms with E-state index in [1.165, 1.54) is 0 Å². The van der Waals surface area contributed by atoms with Gasteiger partial charge in [0.1, 0.15) is 0 Å². The number of nitriles is 1. The summed E-state index contributed by atoms with van der Waals surface area (Å²) < 4.78 is 2.32. The number of aromatic nitrogens is 1. The average Bonchev–Trinajstić information content (AvgIpc) is 2.72. The SMILES string of the molecule is CC(C)C[n+]1c(/C=C/c2cccc(N)c2)cccc1/C=C/c1cccc(C#N)c1. The van der Waals surface area contributed by atoms with Crippen LogP contribution in [-0.2, 0) is 6.54 Å². The first-order valence-corrected chi connectivity index (χ1v) is 9.80.